The monoisotopic (exact) mass is 1180 g/mol. The van der Waals surface area contributed by atoms with Crippen LogP contribution in [0.3, 0.4) is 0 Å². The van der Waals surface area contributed by atoms with Gasteiger partial charge in [-0.1, -0.05) is 34.8 Å². The van der Waals surface area contributed by atoms with Crippen LogP contribution in [0.2, 0.25) is 15.1 Å². The number of hydrogen-bond acceptors (Lipinski definition) is 12. The van der Waals surface area contributed by atoms with Crippen LogP contribution in [0, 0.1) is 66.0 Å². The maximum absolute atomic E-state index is 13.3. The van der Waals surface area contributed by atoms with Gasteiger partial charge in [-0.15, -0.1) is 0 Å². The van der Waals surface area contributed by atoms with Gasteiger partial charge in [-0.25, -0.2) is 13.6 Å². The van der Waals surface area contributed by atoms with Crippen LogP contribution in [0.4, 0.5) is 47.7 Å². The van der Waals surface area contributed by atoms with Crippen LogP contribution in [-0.2, 0) is 4.79 Å². The summed E-state index contributed by atoms with van der Waals surface area (Å²) >= 11 is 17.8. The summed E-state index contributed by atoms with van der Waals surface area (Å²) in [4.78, 5) is 53.2. The molecule has 8 heterocycles. The Bertz CT molecular complexity index is 2780. The number of benzene rings is 2. The molecule has 0 bridgehead atoms. The number of rotatable bonds is 7. The lowest BCUT2D eigenvalue weighted by Crippen LogP contribution is -2.38. The van der Waals surface area contributed by atoms with Gasteiger partial charge in [0.25, 0.3) is 0 Å². The average molecular weight is 1180 g/mol. The number of carbonyl (C=O) groups is 2. The predicted molar refractivity (Wildman–Crippen MR) is 333 cm³/mol. The fourth-order valence-corrected chi connectivity index (χ4v) is 11.9. The highest BCUT2D eigenvalue weighted by Crippen LogP contribution is 2.32. The zero-order valence-corrected chi connectivity index (χ0v) is 50.8. The van der Waals surface area contributed by atoms with Crippen molar-refractivity contribution in [2.45, 2.75) is 87.0 Å². The van der Waals surface area contributed by atoms with Crippen molar-refractivity contribution in [1.29, 1.82) is 0 Å². The Morgan fingerprint density at radius 1 is 0.451 bits per heavy atom. The van der Waals surface area contributed by atoms with E-state index in [1.807, 2.05) is 43.4 Å². The Hall–Kier alpha value is -6.37. The summed E-state index contributed by atoms with van der Waals surface area (Å²) in [7, 11) is 0. The van der Waals surface area contributed by atoms with Gasteiger partial charge in [0.05, 0.1) is 20.8 Å². The quantitative estimate of drug-likeness (QED) is 0.120. The molecular formula is C62H80Cl3F2N13O2. The highest BCUT2D eigenvalue weighted by Gasteiger charge is 2.26. The van der Waals surface area contributed by atoms with E-state index in [0.717, 1.165) is 149 Å². The number of nitrogens with zero attached hydrogens (tertiary/aromatic N) is 9. The highest BCUT2D eigenvalue weighted by molar-refractivity contribution is 6.33. The molecule has 82 heavy (non-hydrogen) atoms. The molecule has 0 spiro atoms. The summed E-state index contributed by atoms with van der Waals surface area (Å²) in [5.41, 5.74) is 14.3. The van der Waals surface area contributed by atoms with Gasteiger partial charge >= 0.3 is 6.03 Å². The van der Waals surface area contributed by atoms with E-state index in [9.17, 15) is 18.4 Å². The second-order valence-electron chi connectivity index (χ2n) is 21.5. The summed E-state index contributed by atoms with van der Waals surface area (Å²) in [5.74, 6) is -1.08. The van der Waals surface area contributed by atoms with E-state index in [0.29, 0.717) is 24.5 Å². The van der Waals surface area contributed by atoms with Crippen molar-refractivity contribution in [2.75, 3.05) is 122 Å². The minimum absolute atomic E-state index is 0.00604. The average Bonchev–Trinajstić information content (AvgIpc) is 4.09. The number of urea groups is 1. The van der Waals surface area contributed by atoms with Crippen LogP contribution in [0.1, 0.15) is 77.5 Å². The molecule has 2 aromatic carbocycles. The number of aryl methyl sites for hydroxylation is 7. The molecule has 10 rings (SSSR count). The topological polar surface area (TPSA) is 150 Å². The number of pyridine rings is 4. The molecule has 1 unspecified atom stereocenters. The maximum Gasteiger partial charge on any atom is 0.321 e. The molecule has 0 saturated carbocycles. The largest absolute Gasteiger partial charge is 0.371 e. The smallest absolute Gasteiger partial charge is 0.321 e. The minimum atomic E-state index is -0.502. The van der Waals surface area contributed by atoms with Crippen molar-refractivity contribution < 1.29 is 18.4 Å². The van der Waals surface area contributed by atoms with Gasteiger partial charge in [0, 0.05) is 162 Å². The number of nitrogens with one attached hydrogen (secondary N) is 4. The molecule has 1 atom stereocenters. The molecule has 4 aliphatic heterocycles. The summed E-state index contributed by atoms with van der Waals surface area (Å²) in [6, 6.07) is 8.22. The summed E-state index contributed by atoms with van der Waals surface area (Å²) < 4.78 is 26.5. The highest BCUT2D eigenvalue weighted by atomic mass is 35.5. The first-order valence-electron chi connectivity index (χ1n) is 28.5. The molecule has 3 amide bonds. The third-order valence-electron chi connectivity index (χ3n) is 15.1. The van der Waals surface area contributed by atoms with Crippen molar-refractivity contribution >= 4 is 80.9 Å². The Labute approximate surface area is 498 Å². The van der Waals surface area contributed by atoms with Gasteiger partial charge in [-0.05, 0) is 175 Å². The molecule has 4 aromatic heterocycles. The summed E-state index contributed by atoms with van der Waals surface area (Å²) in [6.45, 7) is 28.0. The lowest BCUT2D eigenvalue weighted by atomic mass is 9.99. The van der Waals surface area contributed by atoms with Crippen molar-refractivity contribution in [3.05, 3.63) is 152 Å². The fraction of sp³-hybridized carbons (Fsp3) is 0.452. The van der Waals surface area contributed by atoms with Gasteiger partial charge in [-0.2, -0.15) is 0 Å². The van der Waals surface area contributed by atoms with Crippen LogP contribution in [0.15, 0.2) is 86.0 Å². The van der Waals surface area contributed by atoms with E-state index in [1.165, 1.54) is 71.0 Å². The minimum Gasteiger partial charge on any atom is -0.371 e. The molecule has 0 radical (unpaired) electrons. The first kappa shape index (κ1) is 63.2. The van der Waals surface area contributed by atoms with Gasteiger partial charge in [0.2, 0.25) is 5.91 Å². The van der Waals surface area contributed by atoms with E-state index in [-0.39, 0.29) is 27.9 Å². The maximum atomic E-state index is 13.3. The van der Waals surface area contributed by atoms with E-state index in [4.69, 9.17) is 34.8 Å². The Balaban J connectivity index is 0.000000163. The summed E-state index contributed by atoms with van der Waals surface area (Å²) in [6.07, 6.45) is 20.9. The molecule has 15 nitrogen and oxygen atoms in total. The number of halogens is 5. The Morgan fingerprint density at radius 3 is 1.35 bits per heavy atom. The third kappa shape index (κ3) is 17.8. The van der Waals surface area contributed by atoms with Gasteiger partial charge in [0.1, 0.15) is 11.6 Å². The van der Waals surface area contributed by atoms with E-state index < -0.39 is 11.6 Å². The number of anilines is 6. The predicted octanol–water partition coefficient (Wildman–Crippen LogP) is 12.3. The van der Waals surface area contributed by atoms with Crippen molar-refractivity contribution in [1.82, 2.24) is 35.5 Å². The van der Waals surface area contributed by atoms with Crippen LogP contribution in [0.25, 0.3) is 0 Å². The SMILES string of the molecule is Cc1cncc(C)c1N1CCCC(C(=O)Nc2ccc(F)c(Cl)c2)CC1.Cc1cncc(C)c1N1CCCN(C(=O)Nc2ccc(F)c(Cl)c2)CC1.Cc1cncc(C)c1N1CCCNCC1.Cc1cncc(Cl)c1N1CCCNCC1. The lowest BCUT2D eigenvalue weighted by Gasteiger charge is -2.26. The number of hydrogen-bond donors (Lipinski definition) is 4. The lowest BCUT2D eigenvalue weighted by molar-refractivity contribution is -0.120. The Kier molecular flexibility index (Phi) is 24.2. The normalized spacial score (nSPS) is 16.8. The molecular weight excluding hydrogens is 1100 g/mol. The Morgan fingerprint density at radius 2 is 0.866 bits per heavy atom. The van der Waals surface area contributed by atoms with Crippen molar-refractivity contribution in [2.24, 2.45) is 5.92 Å². The molecule has 4 saturated heterocycles. The van der Waals surface area contributed by atoms with Gasteiger partial charge in [0.15, 0.2) is 0 Å². The first-order chi connectivity index (χ1) is 39.5. The van der Waals surface area contributed by atoms with E-state index in [1.54, 1.807) is 11.1 Å². The standard InChI is InChI=1S/C20H23ClFN3O.C19H22ClFN4O.C12H19N3.C11H16ClN3/c1-13-11-23-12-14(2)19(13)25-8-3-4-15(7-9-25)20(26)24-16-5-6-18(22)17(21)10-16;1-13-11-22-12-14(2)18(13)24-6-3-7-25(9-8-24)19(26)23-15-4-5-17(21)16(20)10-15;1-10-8-14-9-11(2)12(10)15-6-3-4-13-5-7-15;1-9-7-14-8-10(12)11(9)15-5-2-3-13-4-6-15/h5-6,10-12,15H,3-4,7-9H2,1-2H3,(H,24,26);4-5,10-12H,3,6-9H2,1-2H3,(H,23,26);8-9,13H,3-7H2,1-2H3;7-8,13H,2-6H2,1H3. The number of carbonyl (C=O) groups excluding carboxylic acids is 2. The number of amides is 3. The molecule has 0 aliphatic carbocycles. The van der Waals surface area contributed by atoms with Crippen molar-refractivity contribution in [3.63, 3.8) is 0 Å². The summed E-state index contributed by atoms with van der Waals surface area (Å²) in [5, 5.41) is 13.2. The van der Waals surface area contributed by atoms with E-state index >= 15 is 0 Å². The van der Waals surface area contributed by atoms with Crippen LogP contribution < -0.4 is 40.9 Å². The molecule has 20 heteroatoms. The molecule has 4 fully saturated rings. The first-order valence-corrected chi connectivity index (χ1v) is 29.6. The zero-order chi connectivity index (χ0) is 58.7. The fourth-order valence-electron chi connectivity index (χ4n) is 11.2. The molecule has 4 aliphatic rings. The van der Waals surface area contributed by atoms with E-state index in [2.05, 4.69) is 109 Å². The molecule has 440 valence electrons. The van der Waals surface area contributed by atoms with Crippen LogP contribution in [0.5, 0.6) is 0 Å². The zero-order valence-electron chi connectivity index (χ0n) is 48.5. The van der Waals surface area contributed by atoms with Gasteiger partial charge < -0.3 is 45.8 Å². The molecule has 6 aromatic rings. The second kappa shape index (κ2) is 31.3. The number of aromatic nitrogens is 4. The van der Waals surface area contributed by atoms with Crippen LogP contribution in [-0.4, -0.2) is 128 Å². The van der Waals surface area contributed by atoms with Crippen molar-refractivity contribution in [3.8, 4) is 0 Å². The third-order valence-corrected chi connectivity index (χ3v) is 15.9. The van der Waals surface area contributed by atoms with Crippen LogP contribution >= 0.6 is 34.8 Å². The molecule has 4 N–H and O–H groups in total. The van der Waals surface area contributed by atoms with Gasteiger partial charge in [-0.3, -0.25) is 24.7 Å². The second-order valence-corrected chi connectivity index (χ2v) is 22.7.